The van der Waals surface area contributed by atoms with Crippen molar-refractivity contribution in [3.05, 3.63) is 12.1 Å². The molecule has 0 spiro atoms. The van der Waals surface area contributed by atoms with Crippen LogP contribution < -0.4 is 24.3 Å². The Bertz CT molecular complexity index is 535. The minimum atomic E-state index is -0.565. The number of hydrogen-bond donors (Lipinski definition) is 2. The summed E-state index contributed by atoms with van der Waals surface area (Å²) in [6.45, 7) is 11.9. The molecular weight excluding hydrogens is 336 g/mol. The molecule has 7 nitrogen and oxygen atoms in total. The van der Waals surface area contributed by atoms with Crippen LogP contribution in [0.3, 0.4) is 0 Å². The molecule has 1 atom stereocenters. The van der Waals surface area contributed by atoms with E-state index in [0.717, 1.165) is 26.2 Å². The molecule has 0 aromatic heterocycles. The first-order valence-electron chi connectivity index (χ1n) is 9.48. The lowest BCUT2D eigenvalue weighted by atomic mass is 10.2. The van der Waals surface area contributed by atoms with Crippen LogP contribution in [0.2, 0.25) is 0 Å². The Kier molecular flexibility index (Phi) is 8.80. The zero-order valence-electron chi connectivity index (χ0n) is 16.1. The van der Waals surface area contributed by atoms with E-state index in [9.17, 15) is 5.11 Å². The van der Waals surface area contributed by atoms with Crippen molar-refractivity contribution in [3.8, 4) is 23.0 Å². The molecule has 1 aliphatic rings. The van der Waals surface area contributed by atoms with Gasteiger partial charge in [0.25, 0.3) is 0 Å². The van der Waals surface area contributed by atoms with E-state index in [-0.39, 0.29) is 6.61 Å². The summed E-state index contributed by atoms with van der Waals surface area (Å²) in [6.07, 6.45) is -0.565. The van der Waals surface area contributed by atoms with Gasteiger partial charge in [0.15, 0.2) is 11.5 Å². The van der Waals surface area contributed by atoms with Gasteiger partial charge in [0.2, 0.25) is 11.5 Å². The highest BCUT2D eigenvalue weighted by Gasteiger charge is 2.20. The molecule has 1 heterocycles. The fourth-order valence-corrected chi connectivity index (χ4v) is 2.90. The molecule has 0 amide bonds. The number of rotatable bonds is 11. The molecule has 1 aromatic carbocycles. The van der Waals surface area contributed by atoms with Gasteiger partial charge in [-0.3, -0.25) is 4.90 Å². The third-order valence-electron chi connectivity index (χ3n) is 4.03. The number of piperazine rings is 1. The third-order valence-corrected chi connectivity index (χ3v) is 4.03. The first-order valence-corrected chi connectivity index (χ1v) is 9.48. The third kappa shape index (κ3) is 5.93. The molecule has 1 unspecified atom stereocenters. The van der Waals surface area contributed by atoms with Crippen LogP contribution in [0.15, 0.2) is 12.1 Å². The fourth-order valence-electron chi connectivity index (χ4n) is 2.90. The van der Waals surface area contributed by atoms with Gasteiger partial charge in [-0.25, -0.2) is 0 Å². The number of nitrogens with zero attached hydrogens (tertiary/aromatic N) is 1. The van der Waals surface area contributed by atoms with E-state index >= 15 is 0 Å². The van der Waals surface area contributed by atoms with Crippen LogP contribution in [0.25, 0.3) is 0 Å². The smallest absolute Gasteiger partial charge is 0.207 e. The largest absolute Gasteiger partial charge is 0.490 e. The first kappa shape index (κ1) is 20.6. The highest BCUT2D eigenvalue weighted by atomic mass is 16.6. The molecule has 1 saturated heterocycles. The fraction of sp³-hybridized carbons (Fsp3) is 0.684. The topological polar surface area (TPSA) is 72.4 Å². The zero-order chi connectivity index (χ0) is 18.8. The first-order chi connectivity index (χ1) is 12.7. The van der Waals surface area contributed by atoms with E-state index in [1.165, 1.54) is 0 Å². The standard InChI is InChI=1S/C19H32N2O5/c1-4-23-16-7-8-17(19(25-6-3)18(16)24-5-2)26-14-15(22)13-21-11-9-20-10-12-21/h7-8,15,20,22H,4-6,9-14H2,1-3H3. The van der Waals surface area contributed by atoms with Crippen molar-refractivity contribution >= 4 is 0 Å². The lowest BCUT2D eigenvalue weighted by molar-refractivity contribution is 0.0627. The van der Waals surface area contributed by atoms with E-state index in [1.807, 2.05) is 26.8 Å². The van der Waals surface area contributed by atoms with Crippen molar-refractivity contribution in [1.82, 2.24) is 10.2 Å². The average molecular weight is 368 g/mol. The molecule has 1 fully saturated rings. The Morgan fingerprint density at radius 2 is 1.46 bits per heavy atom. The zero-order valence-corrected chi connectivity index (χ0v) is 16.1. The van der Waals surface area contributed by atoms with Gasteiger partial charge in [0.1, 0.15) is 12.7 Å². The molecule has 7 heteroatoms. The summed E-state index contributed by atoms with van der Waals surface area (Å²) < 4.78 is 23.0. The summed E-state index contributed by atoms with van der Waals surface area (Å²) in [5.41, 5.74) is 0. The summed E-state index contributed by atoms with van der Waals surface area (Å²) in [4.78, 5) is 2.23. The monoisotopic (exact) mass is 368 g/mol. The van der Waals surface area contributed by atoms with Crippen LogP contribution in [0.4, 0.5) is 0 Å². The van der Waals surface area contributed by atoms with Crippen LogP contribution >= 0.6 is 0 Å². The quantitative estimate of drug-likeness (QED) is 0.614. The molecule has 2 N–H and O–H groups in total. The van der Waals surface area contributed by atoms with Crippen LogP contribution in [0, 0.1) is 0 Å². The maximum absolute atomic E-state index is 10.3. The predicted octanol–water partition coefficient (Wildman–Crippen LogP) is 1.53. The highest BCUT2D eigenvalue weighted by molar-refractivity contribution is 5.59. The molecule has 148 valence electrons. The summed E-state index contributed by atoms with van der Waals surface area (Å²) >= 11 is 0. The van der Waals surface area contributed by atoms with E-state index in [0.29, 0.717) is 49.4 Å². The molecule has 0 bridgehead atoms. The summed E-state index contributed by atoms with van der Waals surface area (Å²) in [5.74, 6) is 2.25. The maximum atomic E-state index is 10.3. The molecule has 0 saturated carbocycles. The minimum Gasteiger partial charge on any atom is -0.490 e. The summed E-state index contributed by atoms with van der Waals surface area (Å²) in [7, 11) is 0. The van der Waals surface area contributed by atoms with Crippen molar-refractivity contribution in [1.29, 1.82) is 0 Å². The van der Waals surface area contributed by atoms with E-state index < -0.39 is 6.10 Å². The van der Waals surface area contributed by atoms with Gasteiger partial charge in [-0.05, 0) is 32.9 Å². The van der Waals surface area contributed by atoms with Crippen LogP contribution in [-0.2, 0) is 0 Å². The number of aliphatic hydroxyl groups is 1. The van der Waals surface area contributed by atoms with Gasteiger partial charge in [-0.1, -0.05) is 0 Å². The lowest BCUT2D eigenvalue weighted by Gasteiger charge is -2.29. The molecule has 0 radical (unpaired) electrons. The number of ether oxygens (including phenoxy) is 4. The van der Waals surface area contributed by atoms with Gasteiger partial charge in [-0.2, -0.15) is 0 Å². The minimum absolute atomic E-state index is 0.198. The van der Waals surface area contributed by atoms with Crippen LogP contribution in [-0.4, -0.2) is 75.3 Å². The predicted molar refractivity (Wildman–Crippen MR) is 101 cm³/mol. The molecule has 1 aliphatic heterocycles. The van der Waals surface area contributed by atoms with E-state index in [1.54, 1.807) is 6.07 Å². The van der Waals surface area contributed by atoms with Crippen molar-refractivity contribution in [2.24, 2.45) is 0 Å². The lowest BCUT2D eigenvalue weighted by Crippen LogP contribution is -2.47. The Labute approximate surface area is 156 Å². The number of hydrogen-bond acceptors (Lipinski definition) is 7. The van der Waals surface area contributed by atoms with Gasteiger partial charge >= 0.3 is 0 Å². The Morgan fingerprint density at radius 1 is 0.923 bits per heavy atom. The second-order valence-electron chi connectivity index (χ2n) is 6.03. The van der Waals surface area contributed by atoms with Gasteiger partial charge < -0.3 is 29.4 Å². The van der Waals surface area contributed by atoms with E-state index in [2.05, 4.69) is 10.2 Å². The van der Waals surface area contributed by atoms with Gasteiger partial charge in [0.05, 0.1) is 19.8 Å². The van der Waals surface area contributed by atoms with E-state index in [4.69, 9.17) is 18.9 Å². The SMILES string of the molecule is CCOc1ccc(OCC(O)CN2CCNCC2)c(OCC)c1OCC. The molecule has 1 aromatic rings. The second kappa shape index (κ2) is 11.1. The van der Waals surface area contributed by atoms with Crippen LogP contribution in [0.1, 0.15) is 20.8 Å². The summed E-state index contributed by atoms with van der Waals surface area (Å²) in [6, 6.07) is 3.62. The number of aliphatic hydroxyl groups excluding tert-OH is 1. The van der Waals surface area contributed by atoms with Crippen LogP contribution in [0.5, 0.6) is 23.0 Å². The molecular formula is C19H32N2O5. The molecule has 2 rings (SSSR count). The van der Waals surface area contributed by atoms with Crippen molar-refractivity contribution in [2.45, 2.75) is 26.9 Å². The maximum Gasteiger partial charge on any atom is 0.207 e. The molecule has 0 aliphatic carbocycles. The highest BCUT2D eigenvalue weighted by Crippen LogP contribution is 2.44. The van der Waals surface area contributed by atoms with Crippen molar-refractivity contribution < 1.29 is 24.1 Å². The van der Waals surface area contributed by atoms with Crippen molar-refractivity contribution in [2.75, 3.05) is 59.2 Å². The summed E-state index contributed by atoms with van der Waals surface area (Å²) in [5, 5.41) is 13.6. The van der Waals surface area contributed by atoms with Crippen molar-refractivity contribution in [3.63, 3.8) is 0 Å². The number of nitrogens with one attached hydrogen (secondary N) is 1. The Morgan fingerprint density at radius 3 is 2.00 bits per heavy atom. The normalized spacial score (nSPS) is 16.2. The number of benzene rings is 1. The second-order valence-corrected chi connectivity index (χ2v) is 6.03. The Hall–Kier alpha value is -1.70. The number of β-amino-alcohol motifs (C(OH)–C–C–N with tert-alkyl or cyclic N) is 1. The van der Waals surface area contributed by atoms with Gasteiger partial charge in [-0.15, -0.1) is 0 Å². The molecule has 26 heavy (non-hydrogen) atoms. The Balaban J connectivity index is 2.05. The average Bonchev–Trinajstić information content (AvgIpc) is 2.64. The van der Waals surface area contributed by atoms with Gasteiger partial charge in [0, 0.05) is 32.7 Å².